The number of carbonyl (C=O) groups is 1. The molecule has 0 atom stereocenters. The Balaban J connectivity index is 2.35. The summed E-state index contributed by atoms with van der Waals surface area (Å²) >= 11 is 0. The molecule has 0 heterocycles. The van der Waals surface area contributed by atoms with Crippen molar-refractivity contribution >= 4 is 6.03 Å². The minimum Gasteiger partial charge on any atom is -0.396 e. The number of benzene rings is 1. The molecule has 0 fully saturated rings. The zero-order valence-electron chi connectivity index (χ0n) is 10.2. The maximum Gasteiger partial charge on any atom is 0.314 e. The first-order valence-electron chi connectivity index (χ1n) is 5.80. The Morgan fingerprint density at radius 2 is 1.68 bits per heavy atom. The van der Waals surface area contributed by atoms with Crippen molar-refractivity contribution in [3.05, 3.63) is 35.1 Å². The molecule has 106 valence electrons. The van der Waals surface area contributed by atoms with Crippen molar-refractivity contribution in [2.75, 3.05) is 19.7 Å². The molecule has 1 rings (SSSR count). The Hall–Kier alpha value is -1.76. The monoisotopic (exact) mass is 276 g/mol. The van der Waals surface area contributed by atoms with Crippen molar-refractivity contribution in [2.45, 2.75) is 12.8 Å². The molecule has 0 saturated heterocycles. The number of urea groups is 1. The van der Waals surface area contributed by atoms with Crippen LogP contribution < -0.4 is 10.6 Å². The number of nitrogens with one attached hydrogen (secondary N) is 2. The number of hydrogen-bond donors (Lipinski definition) is 3. The van der Waals surface area contributed by atoms with Crippen LogP contribution >= 0.6 is 0 Å². The van der Waals surface area contributed by atoms with Gasteiger partial charge in [0.05, 0.1) is 0 Å². The molecule has 3 N–H and O–H groups in total. The summed E-state index contributed by atoms with van der Waals surface area (Å²) < 4.78 is 38.5. The van der Waals surface area contributed by atoms with E-state index in [0.29, 0.717) is 13.0 Å². The molecule has 0 spiro atoms. The molecular weight excluding hydrogens is 261 g/mol. The highest BCUT2D eigenvalue weighted by Crippen LogP contribution is 2.13. The van der Waals surface area contributed by atoms with E-state index in [-0.39, 0.29) is 25.1 Å². The lowest BCUT2D eigenvalue weighted by molar-refractivity contribution is 0.238. The first-order valence-corrected chi connectivity index (χ1v) is 5.80. The largest absolute Gasteiger partial charge is 0.396 e. The van der Waals surface area contributed by atoms with Crippen LogP contribution in [0.3, 0.4) is 0 Å². The van der Waals surface area contributed by atoms with Crippen LogP contribution in [0.5, 0.6) is 0 Å². The average molecular weight is 276 g/mol. The lowest BCUT2D eigenvalue weighted by Crippen LogP contribution is -2.37. The molecule has 7 heteroatoms. The number of hydrogen-bond acceptors (Lipinski definition) is 2. The van der Waals surface area contributed by atoms with Gasteiger partial charge in [-0.25, -0.2) is 18.0 Å². The van der Waals surface area contributed by atoms with Crippen LogP contribution in [-0.2, 0) is 6.42 Å². The van der Waals surface area contributed by atoms with Gasteiger partial charge >= 0.3 is 6.03 Å². The van der Waals surface area contributed by atoms with Crippen molar-refractivity contribution in [3.63, 3.8) is 0 Å². The third kappa shape index (κ3) is 5.17. The molecule has 0 bridgehead atoms. The second-order valence-corrected chi connectivity index (χ2v) is 3.88. The third-order valence-corrected chi connectivity index (χ3v) is 2.36. The fourth-order valence-electron chi connectivity index (χ4n) is 1.42. The van der Waals surface area contributed by atoms with Gasteiger partial charge in [0.25, 0.3) is 0 Å². The molecule has 0 aliphatic heterocycles. The Bertz CT molecular complexity index is 418. The van der Waals surface area contributed by atoms with E-state index in [2.05, 4.69) is 10.6 Å². The van der Waals surface area contributed by atoms with Gasteiger partial charge in [-0.1, -0.05) is 0 Å². The van der Waals surface area contributed by atoms with Crippen molar-refractivity contribution < 1.29 is 23.1 Å². The van der Waals surface area contributed by atoms with Gasteiger partial charge in [-0.15, -0.1) is 0 Å². The van der Waals surface area contributed by atoms with Gasteiger partial charge < -0.3 is 15.7 Å². The maximum absolute atomic E-state index is 12.9. The van der Waals surface area contributed by atoms with Crippen molar-refractivity contribution in [3.8, 4) is 0 Å². The zero-order valence-corrected chi connectivity index (χ0v) is 10.2. The molecule has 0 aliphatic carbocycles. The summed E-state index contributed by atoms with van der Waals surface area (Å²) in [5.41, 5.74) is 0.257. The topological polar surface area (TPSA) is 61.4 Å². The Labute approximate surface area is 108 Å². The van der Waals surface area contributed by atoms with Gasteiger partial charge in [-0.2, -0.15) is 0 Å². The summed E-state index contributed by atoms with van der Waals surface area (Å²) in [4.78, 5) is 11.2. The van der Waals surface area contributed by atoms with E-state index in [0.717, 1.165) is 12.1 Å². The third-order valence-electron chi connectivity index (χ3n) is 2.36. The van der Waals surface area contributed by atoms with Crippen molar-refractivity contribution in [2.24, 2.45) is 0 Å². The van der Waals surface area contributed by atoms with Crippen molar-refractivity contribution in [1.82, 2.24) is 10.6 Å². The van der Waals surface area contributed by atoms with Gasteiger partial charge in [0, 0.05) is 19.7 Å². The summed E-state index contributed by atoms with van der Waals surface area (Å²) in [6.45, 7) is 0.478. The molecule has 0 radical (unpaired) electrons. The van der Waals surface area contributed by atoms with Crippen LogP contribution in [-0.4, -0.2) is 30.8 Å². The minimum absolute atomic E-state index is 0.0194. The first-order chi connectivity index (χ1) is 9.04. The van der Waals surface area contributed by atoms with E-state index < -0.39 is 23.5 Å². The van der Waals surface area contributed by atoms with Crippen LogP contribution in [0.25, 0.3) is 0 Å². The molecule has 19 heavy (non-hydrogen) atoms. The zero-order chi connectivity index (χ0) is 14.3. The highest BCUT2D eigenvalue weighted by atomic mass is 19.2. The van der Waals surface area contributed by atoms with E-state index in [1.807, 2.05) is 0 Å². The summed E-state index contributed by atoms with van der Waals surface area (Å²) in [6.07, 6.45) is 0.628. The normalized spacial score (nSPS) is 10.3. The minimum atomic E-state index is -1.50. The second-order valence-electron chi connectivity index (χ2n) is 3.88. The molecule has 0 saturated carbocycles. The Morgan fingerprint density at radius 1 is 1.11 bits per heavy atom. The molecule has 1 aromatic carbocycles. The van der Waals surface area contributed by atoms with E-state index >= 15 is 0 Å². The van der Waals surface area contributed by atoms with Crippen LogP contribution in [0.15, 0.2) is 12.1 Å². The number of aliphatic hydroxyl groups excluding tert-OH is 1. The standard InChI is InChI=1S/C12H15F3N2O2/c13-9-6-8(7-10(14)11(9)15)2-4-17-12(19)16-3-1-5-18/h6-7,18H,1-5H2,(H2,16,17,19). The average Bonchev–Trinajstić information content (AvgIpc) is 2.36. The van der Waals surface area contributed by atoms with Gasteiger partial charge in [0.15, 0.2) is 17.5 Å². The number of carbonyl (C=O) groups excluding carboxylic acids is 1. The number of aliphatic hydroxyl groups is 1. The quantitative estimate of drug-likeness (QED) is 0.542. The van der Waals surface area contributed by atoms with Gasteiger partial charge in [0.1, 0.15) is 0 Å². The molecule has 0 unspecified atom stereocenters. The summed E-state index contributed by atoms with van der Waals surface area (Å²) in [5.74, 6) is -4.00. The van der Waals surface area contributed by atoms with E-state index in [1.54, 1.807) is 0 Å². The number of amides is 2. The second kappa shape index (κ2) is 7.63. The summed E-state index contributed by atoms with van der Waals surface area (Å²) in [5, 5.41) is 13.5. The summed E-state index contributed by atoms with van der Waals surface area (Å²) in [6, 6.07) is 1.35. The lowest BCUT2D eigenvalue weighted by atomic mass is 10.1. The highest BCUT2D eigenvalue weighted by molar-refractivity contribution is 5.73. The molecule has 1 aromatic rings. The molecule has 2 amide bonds. The van der Waals surface area contributed by atoms with Crippen LogP contribution in [0.1, 0.15) is 12.0 Å². The SMILES string of the molecule is O=C(NCCCO)NCCc1cc(F)c(F)c(F)c1. The van der Waals surface area contributed by atoms with Gasteiger partial charge in [-0.3, -0.25) is 0 Å². The van der Waals surface area contributed by atoms with Crippen LogP contribution in [0.4, 0.5) is 18.0 Å². The molecule has 0 aromatic heterocycles. The van der Waals surface area contributed by atoms with Crippen LogP contribution in [0, 0.1) is 17.5 Å². The molecule has 4 nitrogen and oxygen atoms in total. The number of rotatable bonds is 6. The number of halogens is 3. The Kier molecular flexibility index (Phi) is 6.14. The lowest BCUT2D eigenvalue weighted by Gasteiger charge is -2.07. The van der Waals surface area contributed by atoms with E-state index in [9.17, 15) is 18.0 Å². The van der Waals surface area contributed by atoms with E-state index in [4.69, 9.17) is 5.11 Å². The first kappa shape index (κ1) is 15.3. The fourth-order valence-corrected chi connectivity index (χ4v) is 1.42. The predicted octanol–water partition coefficient (Wildman–Crippen LogP) is 1.33. The highest BCUT2D eigenvalue weighted by Gasteiger charge is 2.10. The summed E-state index contributed by atoms with van der Waals surface area (Å²) in [7, 11) is 0. The van der Waals surface area contributed by atoms with Crippen molar-refractivity contribution in [1.29, 1.82) is 0 Å². The fraction of sp³-hybridized carbons (Fsp3) is 0.417. The van der Waals surface area contributed by atoms with Gasteiger partial charge in [-0.05, 0) is 30.5 Å². The predicted molar refractivity (Wildman–Crippen MR) is 63.1 cm³/mol. The van der Waals surface area contributed by atoms with Gasteiger partial charge in [0.2, 0.25) is 0 Å². The smallest absolute Gasteiger partial charge is 0.314 e. The molecule has 0 aliphatic rings. The maximum atomic E-state index is 12.9. The Morgan fingerprint density at radius 3 is 2.26 bits per heavy atom. The van der Waals surface area contributed by atoms with E-state index in [1.165, 1.54) is 0 Å². The van der Waals surface area contributed by atoms with Crippen LogP contribution in [0.2, 0.25) is 0 Å². The molecular formula is C12H15F3N2O2.